The van der Waals surface area contributed by atoms with Gasteiger partial charge in [0.2, 0.25) is 0 Å². The minimum absolute atomic E-state index is 0.284. The summed E-state index contributed by atoms with van der Waals surface area (Å²) in [4.78, 5) is 23.2. The van der Waals surface area contributed by atoms with Gasteiger partial charge in [0.15, 0.2) is 0 Å². The molecule has 0 unspecified atom stereocenters. The van der Waals surface area contributed by atoms with Crippen molar-refractivity contribution in [1.29, 1.82) is 0 Å². The van der Waals surface area contributed by atoms with Crippen LogP contribution in [0.4, 0.5) is 5.69 Å². The van der Waals surface area contributed by atoms with Crippen molar-refractivity contribution in [2.75, 3.05) is 18.4 Å². The van der Waals surface area contributed by atoms with E-state index in [-0.39, 0.29) is 11.1 Å². The maximum absolute atomic E-state index is 11.7. The highest BCUT2D eigenvalue weighted by Gasteiger charge is 2.03. The summed E-state index contributed by atoms with van der Waals surface area (Å²) in [5.41, 5.74) is 5.72. The average molecular weight is 276 g/mol. The maximum Gasteiger partial charge on any atom is 0.270 e. The Morgan fingerprint density at radius 2 is 1.65 bits per heavy atom. The van der Waals surface area contributed by atoms with Crippen LogP contribution in [0.3, 0.4) is 0 Å². The van der Waals surface area contributed by atoms with Crippen LogP contribution in [0.1, 0.15) is 25.7 Å². The van der Waals surface area contributed by atoms with Gasteiger partial charge in [-0.15, -0.1) is 0 Å². The topological polar surface area (TPSA) is 104 Å². The third kappa shape index (κ3) is 3.48. The number of H-pyrrole nitrogens is 2. The molecule has 2 aromatic rings. The largest absolute Gasteiger partial charge is 0.385 e. The van der Waals surface area contributed by atoms with Crippen molar-refractivity contribution in [3.05, 3.63) is 38.9 Å². The van der Waals surface area contributed by atoms with Gasteiger partial charge in [-0.05, 0) is 37.6 Å². The van der Waals surface area contributed by atoms with Gasteiger partial charge in [0.25, 0.3) is 11.1 Å². The molecule has 0 aliphatic carbocycles. The molecule has 20 heavy (non-hydrogen) atoms. The number of fused-ring (bicyclic) bond motifs is 1. The molecule has 0 spiro atoms. The average Bonchev–Trinajstić information content (AvgIpc) is 2.47. The van der Waals surface area contributed by atoms with E-state index < -0.39 is 0 Å². The maximum atomic E-state index is 11.7. The summed E-state index contributed by atoms with van der Waals surface area (Å²) in [6.07, 6.45) is 4.40. The van der Waals surface area contributed by atoms with E-state index in [4.69, 9.17) is 5.73 Å². The predicted octanol–water partition coefficient (Wildman–Crippen LogP) is 1.15. The molecule has 0 atom stereocenters. The lowest BCUT2D eigenvalue weighted by molar-refractivity contribution is 0.661. The molecule has 2 rings (SSSR count). The number of unbranched alkanes of at least 4 members (excludes halogenated alkanes) is 3. The van der Waals surface area contributed by atoms with Gasteiger partial charge in [0.05, 0.1) is 10.8 Å². The van der Waals surface area contributed by atoms with Crippen LogP contribution in [-0.2, 0) is 0 Å². The van der Waals surface area contributed by atoms with Crippen LogP contribution < -0.4 is 22.2 Å². The summed E-state index contributed by atoms with van der Waals surface area (Å²) in [5, 5.41) is 8.71. The number of anilines is 1. The summed E-state index contributed by atoms with van der Waals surface area (Å²) in [5.74, 6) is 0. The summed E-state index contributed by atoms with van der Waals surface area (Å²) in [6, 6.07) is 5.19. The van der Waals surface area contributed by atoms with Gasteiger partial charge in [0, 0.05) is 12.2 Å². The molecule has 5 N–H and O–H groups in total. The molecule has 1 aromatic heterocycles. The molecule has 1 aromatic carbocycles. The van der Waals surface area contributed by atoms with E-state index in [9.17, 15) is 9.59 Å². The van der Waals surface area contributed by atoms with Gasteiger partial charge < -0.3 is 11.1 Å². The molecule has 0 radical (unpaired) electrons. The van der Waals surface area contributed by atoms with Gasteiger partial charge in [-0.25, -0.2) is 0 Å². The van der Waals surface area contributed by atoms with Crippen molar-refractivity contribution in [3.63, 3.8) is 0 Å². The van der Waals surface area contributed by atoms with E-state index in [1.54, 1.807) is 12.1 Å². The van der Waals surface area contributed by atoms with E-state index in [0.717, 1.165) is 44.5 Å². The van der Waals surface area contributed by atoms with Crippen molar-refractivity contribution >= 4 is 16.5 Å². The first-order chi connectivity index (χ1) is 9.72. The van der Waals surface area contributed by atoms with Crippen molar-refractivity contribution in [3.8, 4) is 0 Å². The van der Waals surface area contributed by atoms with E-state index in [1.165, 1.54) is 0 Å². The Balaban J connectivity index is 2.00. The minimum Gasteiger partial charge on any atom is -0.385 e. The highest BCUT2D eigenvalue weighted by Crippen LogP contribution is 2.13. The molecule has 0 amide bonds. The minimum atomic E-state index is -0.286. The van der Waals surface area contributed by atoms with Crippen LogP contribution in [0.15, 0.2) is 27.8 Å². The standard InChI is InChI=1S/C14H20N4O2/c15-7-3-1-2-4-8-16-10-5-6-11-12(9-10)14(20)18-17-13(11)19/h5-6,9,16H,1-4,7-8,15H2,(H,17,19)(H,18,20). The number of benzene rings is 1. The third-order valence-electron chi connectivity index (χ3n) is 3.26. The van der Waals surface area contributed by atoms with Gasteiger partial charge in [0.1, 0.15) is 0 Å². The monoisotopic (exact) mass is 276 g/mol. The van der Waals surface area contributed by atoms with Crippen molar-refractivity contribution in [1.82, 2.24) is 10.2 Å². The van der Waals surface area contributed by atoms with Crippen LogP contribution in [-0.4, -0.2) is 23.3 Å². The third-order valence-corrected chi connectivity index (χ3v) is 3.26. The second-order valence-electron chi connectivity index (χ2n) is 4.80. The molecule has 6 heteroatoms. The molecule has 6 nitrogen and oxygen atoms in total. The van der Waals surface area contributed by atoms with Gasteiger partial charge in [-0.2, -0.15) is 0 Å². The second-order valence-corrected chi connectivity index (χ2v) is 4.80. The Hall–Kier alpha value is -2.08. The molecule has 0 fully saturated rings. The molecule has 0 aliphatic heterocycles. The molecule has 0 aliphatic rings. The van der Waals surface area contributed by atoms with E-state index in [0.29, 0.717) is 10.8 Å². The molecule has 1 heterocycles. The number of hydrogen-bond acceptors (Lipinski definition) is 4. The first kappa shape index (κ1) is 14.3. The Morgan fingerprint density at radius 1 is 0.950 bits per heavy atom. The fourth-order valence-corrected chi connectivity index (χ4v) is 2.14. The van der Waals surface area contributed by atoms with Crippen molar-refractivity contribution in [2.24, 2.45) is 5.73 Å². The number of rotatable bonds is 7. The Morgan fingerprint density at radius 3 is 2.40 bits per heavy atom. The molecule has 0 saturated heterocycles. The zero-order valence-electron chi connectivity index (χ0n) is 11.4. The number of hydrogen-bond donors (Lipinski definition) is 4. The lowest BCUT2D eigenvalue weighted by atomic mass is 10.1. The van der Waals surface area contributed by atoms with Gasteiger partial charge >= 0.3 is 0 Å². The second kappa shape index (κ2) is 6.91. The first-order valence-corrected chi connectivity index (χ1v) is 6.91. The normalized spacial score (nSPS) is 10.8. The van der Waals surface area contributed by atoms with Crippen molar-refractivity contribution < 1.29 is 0 Å². The Labute approximate surface area is 116 Å². The summed E-state index contributed by atoms with van der Waals surface area (Å²) in [6.45, 7) is 1.59. The number of nitrogens with two attached hydrogens (primary N) is 1. The SMILES string of the molecule is NCCCCCCNc1ccc2c(=O)[nH][nH]c(=O)c2c1. The van der Waals surface area contributed by atoms with E-state index in [2.05, 4.69) is 15.5 Å². The van der Waals surface area contributed by atoms with Gasteiger partial charge in [-0.3, -0.25) is 19.8 Å². The predicted molar refractivity (Wildman–Crippen MR) is 81.2 cm³/mol. The molecular weight excluding hydrogens is 256 g/mol. The van der Waals surface area contributed by atoms with Crippen molar-refractivity contribution in [2.45, 2.75) is 25.7 Å². The van der Waals surface area contributed by atoms with E-state index >= 15 is 0 Å². The summed E-state index contributed by atoms with van der Waals surface area (Å²) < 4.78 is 0. The molecule has 0 bridgehead atoms. The smallest absolute Gasteiger partial charge is 0.270 e. The highest BCUT2D eigenvalue weighted by molar-refractivity contribution is 5.83. The number of aromatic amines is 2. The number of aromatic nitrogens is 2. The highest BCUT2D eigenvalue weighted by atomic mass is 16.1. The van der Waals surface area contributed by atoms with Crippen LogP contribution >= 0.6 is 0 Å². The van der Waals surface area contributed by atoms with E-state index in [1.807, 2.05) is 6.07 Å². The van der Waals surface area contributed by atoms with Crippen LogP contribution in [0.5, 0.6) is 0 Å². The first-order valence-electron chi connectivity index (χ1n) is 6.91. The lowest BCUT2D eigenvalue weighted by Crippen LogP contribution is -2.19. The summed E-state index contributed by atoms with van der Waals surface area (Å²) in [7, 11) is 0. The fraction of sp³-hybridized carbons (Fsp3) is 0.429. The Bertz CT molecular complexity index is 675. The number of nitrogens with one attached hydrogen (secondary N) is 3. The van der Waals surface area contributed by atoms with Gasteiger partial charge in [-0.1, -0.05) is 12.8 Å². The molecular formula is C14H20N4O2. The molecule has 0 saturated carbocycles. The lowest BCUT2D eigenvalue weighted by Gasteiger charge is -2.07. The quantitative estimate of drug-likeness (QED) is 0.569. The van der Waals surface area contributed by atoms with Crippen LogP contribution in [0.25, 0.3) is 10.8 Å². The summed E-state index contributed by atoms with van der Waals surface area (Å²) >= 11 is 0. The molecule has 108 valence electrons. The Kier molecular flexibility index (Phi) is 4.95. The fourth-order valence-electron chi connectivity index (χ4n) is 2.14. The zero-order valence-corrected chi connectivity index (χ0v) is 11.4. The van der Waals surface area contributed by atoms with Crippen LogP contribution in [0, 0.1) is 0 Å². The van der Waals surface area contributed by atoms with Crippen LogP contribution in [0.2, 0.25) is 0 Å². The zero-order chi connectivity index (χ0) is 14.4.